The van der Waals surface area contributed by atoms with Gasteiger partial charge in [-0.25, -0.2) is 0 Å². The molecule has 28 heavy (non-hydrogen) atoms. The van der Waals surface area contributed by atoms with Gasteiger partial charge < -0.3 is 20.1 Å². The molecule has 1 saturated heterocycles. The van der Waals surface area contributed by atoms with Gasteiger partial charge in [0.25, 0.3) is 0 Å². The Bertz CT molecular complexity index is 772. The lowest BCUT2D eigenvalue weighted by molar-refractivity contribution is -0.114. The standard InChI is InChI=1S/C19H26N6O2.HI/c1-15(26)22-17-5-3-4-16(12-17)13-21-19(20-2)25-9-7-24(8-10-25)14-18-6-11-27-23-18;/h3-6,11-12H,7-10,13-14H2,1-2H3,(H,20,21)(H,22,26);1H. The summed E-state index contributed by atoms with van der Waals surface area (Å²) in [4.78, 5) is 20.2. The second kappa shape index (κ2) is 11.0. The maximum atomic E-state index is 11.2. The van der Waals surface area contributed by atoms with Crippen LogP contribution in [0.1, 0.15) is 18.2 Å². The van der Waals surface area contributed by atoms with Gasteiger partial charge in [-0.2, -0.15) is 0 Å². The lowest BCUT2D eigenvalue weighted by atomic mass is 10.2. The number of benzene rings is 1. The van der Waals surface area contributed by atoms with Crippen LogP contribution in [0.25, 0.3) is 0 Å². The number of aliphatic imine (C=N–C) groups is 1. The van der Waals surface area contributed by atoms with Crippen LogP contribution in [0.2, 0.25) is 0 Å². The third-order valence-electron chi connectivity index (χ3n) is 4.46. The van der Waals surface area contributed by atoms with Crippen LogP contribution in [0.15, 0.2) is 46.1 Å². The number of aromatic nitrogens is 1. The van der Waals surface area contributed by atoms with E-state index < -0.39 is 0 Å². The monoisotopic (exact) mass is 498 g/mol. The summed E-state index contributed by atoms with van der Waals surface area (Å²) in [6.45, 7) is 6.69. The number of anilines is 1. The Labute approximate surface area is 182 Å². The van der Waals surface area contributed by atoms with Crippen molar-refractivity contribution in [3.05, 3.63) is 47.9 Å². The van der Waals surface area contributed by atoms with Crippen LogP contribution >= 0.6 is 24.0 Å². The first kappa shape index (κ1) is 22.2. The third-order valence-corrected chi connectivity index (χ3v) is 4.46. The van der Waals surface area contributed by atoms with Gasteiger partial charge in [0, 0.05) is 65.0 Å². The zero-order valence-electron chi connectivity index (χ0n) is 16.2. The van der Waals surface area contributed by atoms with Crippen molar-refractivity contribution in [2.24, 2.45) is 4.99 Å². The molecule has 9 heteroatoms. The second-order valence-electron chi connectivity index (χ2n) is 6.54. The predicted molar refractivity (Wildman–Crippen MR) is 120 cm³/mol. The highest BCUT2D eigenvalue weighted by atomic mass is 127. The van der Waals surface area contributed by atoms with Crippen LogP contribution in [-0.4, -0.2) is 60.0 Å². The highest BCUT2D eigenvalue weighted by Gasteiger charge is 2.20. The van der Waals surface area contributed by atoms with Crippen molar-refractivity contribution < 1.29 is 9.32 Å². The number of amides is 1. The van der Waals surface area contributed by atoms with Crippen LogP contribution in [-0.2, 0) is 17.9 Å². The number of carbonyl (C=O) groups is 1. The molecule has 0 saturated carbocycles. The Morgan fingerprint density at radius 2 is 2.04 bits per heavy atom. The molecule has 0 unspecified atom stereocenters. The average molecular weight is 498 g/mol. The number of carbonyl (C=O) groups excluding carboxylic acids is 1. The Hall–Kier alpha value is -2.14. The molecule has 2 heterocycles. The summed E-state index contributed by atoms with van der Waals surface area (Å²) in [5, 5.41) is 10.2. The van der Waals surface area contributed by atoms with E-state index >= 15 is 0 Å². The van der Waals surface area contributed by atoms with Crippen LogP contribution in [0.5, 0.6) is 0 Å². The lowest BCUT2D eigenvalue weighted by Crippen LogP contribution is -2.52. The maximum absolute atomic E-state index is 11.2. The second-order valence-corrected chi connectivity index (χ2v) is 6.54. The zero-order valence-corrected chi connectivity index (χ0v) is 18.6. The molecule has 1 aliphatic rings. The molecule has 2 N–H and O–H groups in total. The number of halogens is 1. The minimum atomic E-state index is -0.0700. The Morgan fingerprint density at radius 1 is 1.25 bits per heavy atom. The minimum Gasteiger partial charge on any atom is -0.364 e. The topological polar surface area (TPSA) is 86.0 Å². The summed E-state index contributed by atoms with van der Waals surface area (Å²) in [5.74, 6) is 0.820. The predicted octanol–water partition coefficient (Wildman–Crippen LogP) is 2.14. The van der Waals surface area contributed by atoms with Crippen LogP contribution in [0.4, 0.5) is 5.69 Å². The van der Waals surface area contributed by atoms with Gasteiger partial charge in [-0.1, -0.05) is 17.3 Å². The number of hydrogen-bond acceptors (Lipinski definition) is 5. The molecule has 1 fully saturated rings. The summed E-state index contributed by atoms with van der Waals surface area (Å²) >= 11 is 0. The van der Waals surface area contributed by atoms with Crippen molar-refractivity contribution in [2.45, 2.75) is 20.0 Å². The van der Waals surface area contributed by atoms with E-state index in [2.05, 4.69) is 30.6 Å². The van der Waals surface area contributed by atoms with E-state index in [9.17, 15) is 4.79 Å². The van der Waals surface area contributed by atoms with Crippen molar-refractivity contribution in [1.82, 2.24) is 20.3 Å². The van der Waals surface area contributed by atoms with Crippen LogP contribution in [0.3, 0.4) is 0 Å². The van der Waals surface area contributed by atoms with Crippen molar-refractivity contribution in [3.63, 3.8) is 0 Å². The van der Waals surface area contributed by atoms with Gasteiger partial charge in [-0.3, -0.25) is 14.7 Å². The van der Waals surface area contributed by atoms with Crippen molar-refractivity contribution >= 4 is 41.5 Å². The number of guanidine groups is 1. The summed E-state index contributed by atoms with van der Waals surface area (Å²) < 4.78 is 4.90. The number of rotatable bonds is 5. The molecule has 0 aliphatic carbocycles. The molecule has 0 atom stereocenters. The van der Waals surface area contributed by atoms with Gasteiger partial charge in [0.05, 0.1) is 5.69 Å². The molecule has 3 rings (SSSR count). The molecule has 1 aliphatic heterocycles. The Kier molecular flexibility index (Phi) is 8.71. The summed E-state index contributed by atoms with van der Waals surface area (Å²) in [5.41, 5.74) is 2.86. The first-order valence-corrected chi connectivity index (χ1v) is 9.08. The number of hydrogen-bond donors (Lipinski definition) is 2. The molecular formula is C19H27IN6O2. The number of nitrogens with one attached hydrogen (secondary N) is 2. The van der Waals surface area contributed by atoms with E-state index in [1.165, 1.54) is 6.92 Å². The molecule has 0 radical (unpaired) electrons. The third kappa shape index (κ3) is 6.48. The summed E-state index contributed by atoms with van der Waals surface area (Å²) in [7, 11) is 1.80. The molecule has 2 aromatic rings. The fraction of sp³-hybridized carbons (Fsp3) is 0.421. The molecule has 0 spiro atoms. The van der Waals surface area contributed by atoms with E-state index in [0.29, 0.717) is 6.54 Å². The molecule has 0 bridgehead atoms. The normalized spacial score (nSPS) is 15.1. The fourth-order valence-corrected chi connectivity index (χ4v) is 3.14. The van der Waals surface area contributed by atoms with Gasteiger partial charge in [0.1, 0.15) is 6.26 Å². The van der Waals surface area contributed by atoms with Crippen molar-refractivity contribution in [2.75, 3.05) is 38.5 Å². The zero-order chi connectivity index (χ0) is 19.1. The first-order chi connectivity index (χ1) is 13.1. The van der Waals surface area contributed by atoms with E-state index in [4.69, 9.17) is 4.52 Å². The van der Waals surface area contributed by atoms with Gasteiger partial charge in [-0.05, 0) is 17.7 Å². The van der Waals surface area contributed by atoms with Crippen LogP contribution in [0, 0.1) is 0 Å². The number of nitrogens with zero attached hydrogens (tertiary/aromatic N) is 4. The highest BCUT2D eigenvalue weighted by molar-refractivity contribution is 14.0. The van der Waals surface area contributed by atoms with Gasteiger partial charge in [-0.15, -0.1) is 24.0 Å². The van der Waals surface area contributed by atoms with Gasteiger partial charge in [0.2, 0.25) is 5.91 Å². The van der Waals surface area contributed by atoms with Gasteiger partial charge >= 0.3 is 0 Å². The lowest BCUT2D eigenvalue weighted by Gasteiger charge is -2.36. The largest absolute Gasteiger partial charge is 0.364 e. The summed E-state index contributed by atoms with van der Waals surface area (Å²) in [6.07, 6.45) is 1.61. The van der Waals surface area contributed by atoms with E-state index in [1.54, 1.807) is 13.3 Å². The highest BCUT2D eigenvalue weighted by Crippen LogP contribution is 2.11. The van der Waals surface area contributed by atoms with E-state index in [1.807, 2.05) is 30.3 Å². The maximum Gasteiger partial charge on any atom is 0.221 e. The smallest absolute Gasteiger partial charge is 0.221 e. The molecule has 152 valence electrons. The quantitative estimate of drug-likeness (QED) is 0.374. The fourth-order valence-electron chi connectivity index (χ4n) is 3.14. The summed E-state index contributed by atoms with van der Waals surface area (Å²) in [6, 6.07) is 9.72. The SMILES string of the molecule is CN=C(NCc1cccc(NC(C)=O)c1)N1CCN(Cc2ccon2)CC1.I. The first-order valence-electron chi connectivity index (χ1n) is 9.08. The van der Waals surface area contributed by atoms with E-state index in [0.717, 1.165) is 55.6 Å². The van der Waals surface area contributed by atoms with Crippen molar-refractivity contribution in [1.29, 1.82) is 0 Å². The van der Waals surface area contributed by atoms with Crippen molar-refractivity contribution in [3.8, 4) is 0 Å². The Morgan fingerprint density at radius 3 is 2.68 bits per heavy atom. The van der Waals surface area contributed by atoms with Crippen LogP contribution < -0.4 is 10.6 Å². The molecule has 1 aromatic carbocycles. The molecule has 1 amide bonds. The molecule has 8 nitrogen and oxygen atoms in total. The Balaban J connectivity index is 0.00000280. The molecule has 1 aromatic heterocycles. The van der Waals surface area contributed by atoms with Gasteiger partial charge in [0.15, 0.2) is 5.96 Å². The average Bonchev–Trinajstić information content (AvgIpc) is 3.16. The molecular weight excluding hydrogens is 471 g/mol. The van der Waals surface area contributed by atoms with E-state index in [-0.39, 0.29) is 29.9 Å². The minimum absolute atomic E-state index is 0. The number of piperazine rings is 1.